The van der Waals surface area contributed by atoms with Crippen molar-refractivity contribution in [1.29, 1.82) is 0 Å². The Morgan fingerprint density at radius 2 is 1.90 bits per heavy atom. The Labute approximate surface area is 128 Å². The molecule has 0 bridgehead atoms. The van der Waals surface area contributed by atoms with E-state index in [0.29, 0.717) is 0 Å². The number of benzene rings is 1. The number of ether oxygens (including phenoxy) is 1. The van der Waals surface area contributed by atoms with E-state index in [1.54, 1.807) is 0 Å². The van der Waals surface area contributed by atoms with Crippen molar-refractivity contribution in [3.05, 3.63) is 29.8 Å². The fraction of sp³-hybridized carbons (Fsp3) is 0.667. The molecular formula is C18H28FNO. The van der Waals surface area contributed by atoms with Crippen molar-refractivity contribution in [1.82, 2.24) is 5.32 Å². The molecule has 0 radical (unpaired) electrons. The lowest BCUT2D eigenvalue weighted by Crippen LogP contribution is -2.39. The number of halogens is 1. The predicted octanol–water partition coefficient (Wildman–Crippen LogP) is 5.00. The highest BCUT2D eigenvalue weighted by Gasteiger charge is 2.27. The molecule has 0 amide bonds. The van der Waals surface area contributed by atoms with Crippen LogP contribution in [0.4, 0.5) is 4.39 Å². The van der Waals surface area contributed by atoms with Gasteiger partial charge < -0.3 is 4.74 Å². The predicted molar refractivity (Wildman–Crippen MR) is 85.2 cm³/mol. The maximum Gasteiger partial charge on any atom is 0.154 e. The third-order valence-corrected chi connectivity index (χ3v) is 4.32. The quantitative estimate of drug-likeness (QED) is 0.564. The molecule has 2 rings (SSSR count). The second-order valence-corrected chi connectivity index (χ2v) is 6.15. The Bertz CT molecular complexity index is 406. The lowest BCUT2D eigenvalue weighted by Gasteiger charge is -2.31. The summed E-state index contributed by atoms with van der Waals surface area (Å²) in [6.07, 6.45) is 5.92. The van der Waals surface area contributed by atoms with E-state index in [1.807, 2.05) is 19.1 Å². The second kappa shape index (κ2) is 8.38. The van der Waals surface area contributed by atoms with Crippen LogP contribution in [-0.2, 0) is 0 Å². The van der Waals surface area contributed by atoms with Gasteiger partial charge in [0, 0.05) is 12.0 Å². The van der Waals surface area contributed by atoms with Gasteiger partial charge in [-0.05, 0) is 37.0 Å². The van der Waals surface area contributed by atoms with E-state index >= 15 is 0 Å². The Morgan fingerprint density at radius 1 is 1.14 bits per heavy atom. The van der Waals surface area contributed by atoms with Crippen molar-refractivity contribution < 1.29 is 9.13 Å². The summed E-state index contributed by atoms with van der Waals surface area (Å²) in [4.78, 5) is 0. The number of alkyl halides is 1. The van der Waals surface area contributed by atoms with Crippen LogP contribution in [0.1, 0.15) is 64.0 Å². The van der Waals surface area contributed by atoms with Gasteiger partial charge in [-0.2, -0.15) is 0 Å². The van der Waals surface area contributed by atoms with Gasteiger partial charge in [0.05, 0.1) is 6.61 Å². The summed E-state index contributed by atoms with van der Waals surface area (Å²) in [5, 5.41) is 3.06. The van der Waals surface area contributed by atoms with E-state index in [4.69, 9.17) is 4.74 Å². The Kier molecular flexibility index (Phi) is 6.50. The number of hydrogen-bond donors (Lipinski definition) is 1. The molecule has 0 aliphatic carbocycles. The van der Waals surface area contributed by atoms with Gasteiger partial charge in [0.2, 0.25) is 0 Å². The van der Waals surface area contributed by atoms with E-state index in [9.17, 15) is 4.39 Å². The fourth-order valence-electron chi connectivity index (χ4n) is 2.79. The molecule has 2 nitrogen and oxygen atoms in total. The van der Waals surface area contributed by atoms with E-state index in [1.165, 1.54) is 19.3 Å². The van der Waals surface area contributed by atoms with E-state index in [-0.39, 0.29) is 12.0 Å². The molecule has 3 atom stereocenters. The second-order valence-electron chi connectivity index (χ2n) is 6.15. The summed E-state index contributed by atoms with van der Waals surface area (Å²) in [6.45, 7) is 4.95. The van der Waals surface area contributed by atoms with Crippen LogP contribution < -0.4 is 10.1 Å². The maximum absolute atomic E-state index is 13.7. The molecule has 0 aromatic heterocycles. The molecule has 3 heteroatoms. The molecule has 0 saturated carbocycles. The molecule has 1 N–H and O–H groups in total. The lowest BCUT2D eigenvalue weighted by atomic mass is 9.91. The topological polar surface area (TPSA) is 21.3 Å². The number of unbranched alkanes of at least 4 members (excludes halogenated alkanes) is 3. The molecule has 1 aliphatic rings. The normalized spacial score (nSPS) is 25.8. The Hall–Kier alpha value is -1.09. The molecule has 1 fully saturated rings. The third kappa shape index (κ3) is 4.99. The zero-order valence-corrected chi connectivity index (χ0v) is 13.3. The molecule has 21 heavy (non-hydrogen) atoms. The third-order valence-electron chi connectivity index (χ3n) is 4.32. The first-order chi connectivity index (χ1) is 10.2. The molecule has 0 spiro atoms. The van der Waals surface area contributed by atoms with E-state index in [2.05, 4.69) is 24.4 Å². The fourth-order valence-corrected chi connectivity index (χ4v) is 2.79. The van der Waals surface area contributed by atoms with Gasteiger partial charge in [0.1, 0.15) is 5.75 Å². The van der Waals surface area contributed by atoms with Gasteiger partial charge in [-0.25, -0.2) is 4.39 Å². The summed E-state index contributed by atoms with van der Waals surface area (Å²) in [6, 6.07) is 8.25. The number of piperidine rings is 1. The summed E-state index contributed by atoms with van der Waals surface area (Å²) in [5.41, 5.74) is 1.16. The van der Waals surface area contributed by atoms with Crippen molar-refractivity contribution in [3.8, 4) is 5.75 Å². The lowest BCUT2D eigenvalue weighted by molar-refractivity contribution is 0.124. The van der Waals surface area contributed by atoms with E-state index in [0.717, 1.165) is 37.2 Å². The van der Waals surface area contributed by atoms with Crippen LogP contribution in [-0.4, -0.2) is 12.9 Å². The van der Waals surface area contributed by atoms with Crippen molar-refractivity contribution in [2.24, 2.45) is 5.92 Å². The van der Waals surface area contributed by atoms with Crippen LogP contribution in [0.3, 0.4) is 0 Å². The number of rotatable bonds is 7. The van der Waals surface area contributed by atoms with Crippen molar-refractivity contribution in [2.75, 3.05) is 6.61 Å². The maximum atomic E-state index is 13.7. The largest absolute Gasteiger partial charge is 0.494 e. The minimum Gasteiger partial charge on any atom is -0.494 e. The average Bonchev–Trinajstić information content (AvgIpc) is 2.50. The molecule has 1 heterocycles. The van der Waals surface area contributed by atoms with Crippen LogP contribution in [0.15, 0.2) is 24.3 Å². The minimum absolute atomic E-state index is 0.118. The zero-order chi connectivity index (χ0) is 15.1. The first-order valence-corrected chi connectivity index (χ1v) is 8.33. The van der Waals surface area contributed by atoms with Crippen LogP contribution in [0.5, 0.6) is 5.75 Å². The highest BCUT2D eigenvalue weighted by Crippen LogP contribution is 2.30. The molecule has 1 aliphatic heterocycles. The van der Waals surface area contributed by atoms with Crippen LogP contribution in [0.2, 0.25) is 0 Å². The van der Waals surface area contributed by atoms with Crippen LogP contribution in [0.25, 0.3) is 0 Å². The van der Waals surface area contributed by atoms with Crippen molar-refractivity contribution in [3.63, 3.8) is 0 Å². The molecule has 1 aromatic rings. The highest BCUT2D eigenvalue weighted by molar-refractivity contribution is 5.29. The Balaban J connectivity index is 1.79. The Morgan fingerprint density at radius 3 is 2.57 bits per heavy atom. The monoisotopic (exact) mass is 293 g/mol. The molecular weight excluding hydrogens is 265 g/mol. The molecule has 1 aromatic carbocycles. The molecule has 118 valence electrons. The van der Waals surface area contributed by atoms with Crippen molar-refractivity contribution in [2.45, 2.75) is 64.7 Å². The minimum atomic E-state index is -0.891. The standard InChI is InChI=1S/C18H28FNO/c1-3-4-5-6-13-21-16-10-8-15(9-11-16)17-12-7-14(2)18(19)20-17/h8-11,14,17-18,20H,3-7,12-13H2,1-2H3. The highest BCUT2D eigenvalue weighted by atomic mass is 19.1. The summed E-state index contributed by atoms with van der Waals surface area (Å²) in [5.74, 6) is 1.03. The van der Waals surface area contributed by atoms with Crippen LogP contribution in [0, 0.1) is 5.92 Å². The summed E-state index contributed by atoms with van der Waals surface area (Å²) < 4.78 is 19.5. The van der Waals surface area contributed by atoms with Gasteiger partial charge in [0.25, 0.3) is 0 Å². The molecule has 3 unspecified atom stereocenters. The van der Waals surface area contributed by atoms with Gasteiger partial charge in [-0.3, -0.25) is 5.32 Å². The first kappa shape index (κ1) is 16.3. The van der Waals surface area contributed by atoms with Gasteiger partial charge in [0.15, 0.2) is 6.30 Å². The number of hydrogen-bond acceptors (Lipinski definition) is 2. The zero-order valence-electron chi connectivity index (χ0n) is 13.3. The van der Waals surface area contributed by atoms with Crippen LogP contribution >= 0.6 is 0 Å². The van der Waals surface area contributed by atoms with Crippen molar-refractivity contribution >= 4 is 0 Å². The first-order valence-electron chi connectivity index (χ1n) is 8.33. The SMILES string of the molecule is CCCCCCOc1ccc(C2CCC(C)C(F)N2)cc1. The van der Waals surface area contributed by atoms with Gasteiger partial charge in [-0.1, -0.05) is 45.2 Å². The molecule has 1 saturated heterocycles. The van der Waals surface area contributed by atoms with Gasteiger partial charge in [-0.15, -0.1) is 0 Å². The summed E-state index contributed by atoms with van der Waals surface area (Å²) in [7, 11) is 0. The smallest absolute Gasteiger partial charge is 0.154 e. The van der Waals surface area contributed by atoms with Gasteiger partial charge >= 0.3 is 0 Å². The number of nitrogens with one attached hydrogen (secondary N) is 1. The van der Waals surface area contributed by atoms with E-state index < -0.39 is 6.30 Å². The average molecular weight is 293 g/mol. The summed E-state index contributed by atoms with van der Waals surface area (Å²) >= 11 is 0.